The summed E-state index contributed by atoms with van der Waals surface area (Å²) in [6.45, 7) is 4.80. The molecule has 0 aliphatic carbocycles. The van der Waals surface area contributed by atoms with Crippen molar-refractivity contribution in [2.24, 2.45) is 11.7 Å². The number of hydrogen-bond donors (Lipinski definition) is 2. The SMILES string of the molecule is CC(C)COc1ccccc1C(=N)N. The molecule has 0 heterocycles. The summed E-state index contributed by atoms with van der Waals surface area (Å²) in [5.74, 6) is 1.20. The Kier molecular flexibility index (Phi) is 3.51. The van der Waals surface area contributed by atoms with Gasteiger partial charge in [-0.3, -0.25) is 5.41 Å². The monoisotopic (exact) mass is 192 g/mol. The Morgan fingerprint density at radius 3 is 2.64 bits per heavy atom. The van der Waals surface area contributed by atoms with Gasteiger partial charge in [0.15, 0.2) is 0 Å². The van der Waals surface area contributed by atoms with Crippen LogP contribution in [0.4, 0.5) is 0 Å². The number of rotatable bonds is 4. The van der Waals surface area contributed by atoms with Gasteiger partial charge >= 0.3 is 0 Å². The summed E-state index contributed by atoms with van der Waals surface area (Å²) in [5, 5.41) is 7.36. The number of para-hydroxylation sites is 1. The molecular formula is C11H16N2O. The van der Waals surface area contributed by atoms with Crippen LogP contribution in [0.3, 0.4) is 0 Å². The first-order valence-electron chi connectivity index (χ1n) is 4.67. The van der Waals surface area contributed by atoms with Crippen molar-refractivity contribution in [2.75, 3.05) is 6.61 Å². The van der Waals surface area contributed by atoms with Crippen LogP contribution in [0, 0.1) is 11.3 Å². The smallest absolute Gasteiger partial charge is 0.130 e. The van der Waals surface area contributed by atoms with Crippen molar-refractivity contribution in [3.05, 3.63) is 29.8 Å². The number of nitrogens with two attached hydrogens (primary N) is 1. The lowest BCUT2D eigenvalue weighted by atomic mass is 10.2. The van der Waals surface area contributed by atoms with E-state index in [4.69, 9.17) is 15.9 Å². The molecule has 1 aromatic rings. The fraction of sp³-hybridized carbons (Fsp3) is 0.364. The maximum absolute atomic E-state index is 7.36. The number of hydrogen-bond acceptors (Lipinski definition) is 2. The average molecular weight is 192 g/mol. The third kappa shape index (κ3) is 2.76. The van der Waals surface area contributed by atoms with Crippen molar-refractivity contribution >= 4 is 5.84 Å². The van der Waals surface area contributed by atoms with Crippen molar-refractivity contribution in [1.29, 1.82) is 5.41 Å². The van der Waals surface area contributed by atoms with Crippen LogP contribution in [0.15, 0.2) is 24.3 Å². The van der Waals surface area contributed by atoms with Crippen molar-refractivity contribution < 1.29 is 4.74 Å². The van der Waals surface area contributed by atoms with Gasteiger partial charge in [-0.25, -0.2) is 0 Å². The molecule has 3 N–H and O–H groups in total. The van der Waals surface area contributed by atoms with E-state index in [9.17, 15) is 0 Å². The molecule has 0 saturated heterocycles. The van der Waals surface area contributed by atoms with E-state index in [2.05, 4.69) is 13.8 Å². The Bertz CT molecular complexity index is 321. The lowest BCUT2D eigenvalue weighted by Crippen LogP contribution is -2.14. The van der Waals surface area contributed by atoms with Gasteiger partial charge < -0.3 is 10.5 Å². The van der Waals surface area contributed by atoms with Gasteiger partial charge in [-0.2, -0.15) is 0 Å². The van der Waals surface area contributed by atoms with E-state index in [1.165, 1.54) is 0 Å². The van der Waals surface area contributed by atoms with Crippen LogP contribution in [-0.2, 0) is 0 Å². The number of ether oxygens (including phenoxy) is 1. The summed E-state index contributed by atoms with van der Waals surface area (Å²) >= 11 is 0. The van der Waals surface area contributed by atoms with Gasteiger partial charge in [-0.05, 0) is 18.1 Å². The number of nitrogens with one attached hydrogen (secondary N) is 1. The van der Waals surface area contributed by atoms with Crippen LogP contribution in [0.25, 0.3) is 0 Å². The topological polar surface area (TPSA) is 59.1 Å². The molecule has 0 aliphatic rings. The normalized spacial score (nSPS) is 10.2. The van der Waals surface area contributed by atoms with Crippen LogP contribution in [0.1, 0.15) is 19.4 Å². The van der Waals surface area contributed by atoms with Gasteiger partial charge in [0.1, 0.15) is 11.6 Å². The molecule has 0 spiro atoms. The number of benzene rings is 1. The molecule has 14 heavy (non-hydrogen) atoms. The van der Waals surface area contributed by atoms with Crippen LogP contribution in [-0.4, -0.2) is 12.4 Å². The highest BCUT2D eigenvalue weighted by Crippen LogP contribution is 2.17. The predicted molar refractivity (Wildman–Crippen MR) is 57.8 cm³/mol. The van der Waals surface area contributed by atoms with Gasteiger partial charge in [-0.15, -0.1) is 0 Å². The predicted octanol–water partition coefficient (Wildman–Crippen LogP) is 2.01. The molecule has 3 nitrogen and oxygen atoms in total. The highest BCUT2D eigenvalue weighted by molar-refractivity contribution is 5.97. The van der Waals surface area contributed by atoms with E-state index >= 15 is 0 Å². The van der Waals surface area contributed by atoms with E-state index in [0.29, 0.717) is 23.8 Å². The summed E-state index contributed by atoms with van der Waals surface area (Å²) in [7, 11) is 0. The van der Waals surface area contributed by atoms with Gasteiger partial charge in [0.05, 0.1) is 12.2 Å². The van der Waals surface area contributed by atoms with Crippen LogP contribution in [0.2, 0.25) is 0 Å². The van der Waals surface area contributed by atoms with E-state index in [0.717, 1.165) is 0 Å². The molecule has 1 rings (SSSR count). The molecule has 0 amide bonds. The Morgan fingerprint density at radius 2 is 2.07 bits per heavy atom. The molecule has 1 aromatic carbocycles. The second-order valence-corrected chi connectivity index (χ2v) is 3.61. The molecule has 0 aliphatic heterocycles. The van der Waals surface area contributed by atoms with Crippen molar-refractivity contribution in [1.82, 2.24) is 0 Å². The summed E-state index contributed by atoms with van der Waals surface area (Å²) in [4.78, 5) is 0. The maximum atomic E-state index is 7.36. The minimum absolute atomic E-state index is 0.0457. The number of nitrogen functional groups attached to an aromatic ring is 1. The van der Waals surface area contributed by atoms with Crippen LogP contribution < -0.4 is 10.5 Å². The maximum Gasteiger partial charge on any atom is 0.130 e. The zero-order chi connectivity index (χ0) is 10.6. The van der Waals surface area contributed by atoms with E-state index in [1.807, 2.05) is 18.2 Å². The molecule has 0 bridgehead atoms. The first-order valence-corrected chi connectivity index (χ1v) is 4.67. The molecule has 0 radical (unpaired) electrons. The fourth-order valence-corrected chi connectivity index (χ4v) is 1.07. The Hall–Kier alpha value is -1.51. The van der Waals surface area contributed by atoms with Crippen LogP contribution in [0.5, 0.6) is 5.75 Å². The molecule has 0 atom stereocenters. The molecule has 76 valence electrons. The fourth-order valence-electron chi connectivity index (χ4n) is 1.07. The van der Waals surface area contributed by atoms with E-state index < -0.39 is 0 Å². The molecular weight excluding hydrogens is 176 g/mol. The van der Waals surface area contributed by atoms with Crippen molar-refractivity contribution in [2.45, 2.75) is 13.8 Å². The zero-order valence-electron chi connectivity index (χ0n) is 8.58. The van der Waals surface area contributed by atoms with Crippen molar-refractivity contribution in [3.8, 4) is 5.75 Å². The lowest BCUT2D eigenvalue weighted by Gasteiger charge is -2.11. The van der Waals surface area contributed by atoms with E-state index in [-0.39, 0.29) is 5.84 Å². The molecule has 0 fully saturated rings. The first-order chi connectivity index (χ1) is 6.61. The quantitative estimate of drug-likeness (QED) is 0.566. The van der Waals surface area contributed by atoms with Crippen molar-refractivity contribution in [3.63, 3.8) is 0 Å². The second kappa shape index (κ2) is 4.65. The highest BCUT2D eigenvalue weighted by Gasteiger charge is 2.05. The summed E-state index contributed by atoms with van der Waals surface area (Å²) in [5.41, 5.74) is 6.08. The molecule has 3 heteroatoms. The highest BCUT2D eigenvalue weighted by atomic mass is 16.5. The Morgan fingerprint density at radius 1 is 1.43 bits per heavy atom. The van der Waals surface area contributed by atoms with Gasteiger partial charge in [-0.1, -0.05) is 26.0 Å². The molecule has 0 aromatic heterocycles. The van der Waals surface area contributed by atoms with Gasteiger partial charge in [0.2, 0.25) is 0 Å². The third-order valence-corrected chi connectivity index (χ3v) is 1.75. The lowest BCUT2D eigenvalue weighted by molar-refractivity contribution is 0.270. The van der Waals surface area contributed by atoms with Gasteiger partial charge in [0, 0.05) is 0 Å². The average Bonchev–Trinajstić information content (AvgIpc) is 2.15. The Balaban J connectivity index is 2.79. The summed E-state index contributed by atoms with van der Waals surface area (Å²) in [6, 6.07) is 7.35. The third-order valence-electron chi connectivity index (χ3n) is 1.75. The summed E-state index contributed by atoms with van der Waals surface area (Å²) < 4.78 is 5.54. The number of amidine groups is 1. The van der Waals surface area contributed by atoms with Gasteiger partial charge in [0.25, 0.3) is 0 Å². The zero-order valence-corrected chi connectivity index (χ0v) is 8.58. The standard InChI is InChI=1S/C11H16N2O/c1-8(2)7-14-10-6-4-3-5-9(10)11(12)13/h3-6,8H,7H2,1-2H3,(H3,12,13). The second-order valence-electron chi connectivity index (χ2n) is 3.61. The van der Waals surface area contributed by atoms with Crippen LogP contribution >= 0.6 is 0 Å². The molecule has 0 unspecified atom stereocenters. The largest absolute Gasteiger partial charge is 0.493 e. The molecule has 0 saturated carbocycles. The summed E-state index contributed by atoms with van der Waals surface area (Å²) in [6.07, 6.45) is 0. The Labute approximate surface area is 84.4 Å². The minimum Gasteiger partial charge on any atom is -0.493 e. The first kappa shape index (κ1) is 10.6. The van der Waals surface area contributed by atoms with E-state index in [1.54, 1.807) is 6.07 Å². The minimum atomic E-state index is 0.0457.